The minimum absolute atomic E-state index is 0.0807. The van der Waals surface area contributed by atoms with Gasteiger partial charge in [-0.1, -0.05) is 24.3 Å². The highest BCUT2D eigenvalue weighted by atomic mass is 32.2. The third-order valence-electron chi connectivity index (χ3n) is 4.70. The van der Waals surface area contributed by atoms with Crippen LogP contribution in [0.2, 0.25) is 0 Å². The van der Waals surface area contributed by atoms with Crippen LogP contribution in [0.3, 0.4) is 0 Å². The molecule has 1 heterocycles. The van der Waals surface area contributed by atoms with Crippen molar-refractivity contribution in [1.29, 1.82) is 0 Å². The normalized spacial score (nSPS) is 16.5. The summed E-state index contributed by atoms with van der Waals surface area (Å²) in [6, 6.07) is 13.8. The molecular formula is C22H27N3O4S. The summed E-state index contributed by atoms with van der Waals surface area (Å²) in [6.07, 6.45) is 1.18. The summed E-state index contributed by atoms with van der Waals surface area (Å²) in [5.41, 5.74) is 1.67. The van der Waals surface area contributed by atoms with Crippen LogP contribution in [0.1, 0.15) is 39.2 Å². The quantitative estimate of drug-likeness (QED) is 0.655. The topological polar surface area (TPSA) is 104 Å². The van der Waals surface area contributed by atoms with Crippen LogP contribution >= 0.6 is 0 Å². The van der Waals surface area contributed by atoms with Crippen LogP contribution in [0.5, 0.6) is 0 Å². The van der Waals surface area contributed by atoms with Gasteiger partial charge in [-0.25, -0.2) is 13.1 Å². The Morgan fingerprint density at radius 1 is 1.13 bits per heavy atom. The van der Waals surface area contributed by atoms with Gasteiger partial charge in [0.15, 0.2) is 0 Å². The first kappa shape index (κ1) is 22.0. The van der Waals surface area contributed by atoms with E-state index in [1.54, 1.807) is 32.9 Å². The molecule has 0 spiro atoms. The zero-order valence-corrected chi connectivity index (χ0v) is 18.2. The van der Waals surface area contributed by atoms with Gasteiger partial charge in [-0.2, -0.15) is 0 Å². The summed E-state index contributed by atoms with van der Waals surface area (Å²) in [4.78, 5) is 24.8. The summed E-state index contributed by atoms with van der Waals surface area (Å²) < 4.78 is 27.6. The van der Waals surface area contributed by atoms with Gasteiger partial charge in [0, 0.05) is 29.3 Å². The number of hydrogen-bond donors (Lipinski definition) is 3. The Hall–Kier alpha value is -2.71. The fourth-order valence-electron chi connectivity index (χ4n) is 3.38. The van der Waals surface area contributed by atoms with Gasteiger partial charge in [-0.3, -0.25) is 9.59 Å². The summed E-state index contributed by atoms with van der Waals surface area (Å²) in [5, 5.41) is 5.61. The van der Waals surface area contributed by atoms with Crippen LogP contribution < -0.4 is 15.4 Å². The molecule has 160 valence electrons. The maximum Gasteiger partial charge on any atom is 0.241 e. The molecule has 2 aromatic carbocycles. The van der Waals surface area contributed by atoms with Gasteiger partial charge < -0.3 is 10.6 Å². The number of anilines is 2. The van der Waals surface area contributed by atoms with E-state index in [-0.39, 0.29) is 29.0 Å². The maximum absolute atomic E-state index is 12.5. The molecule has 3 N–H and O–H groups in total. The molecule has 2 amide bonds. The highest BCUT2D eigenvalue weighted by Crippen LogP contribution is 2.27. The van der Waals surface area contributed by atoms with Crippen LogP contribution in [0.4, 0.5) is 11.4 Å². The molecule has 0 radical (unpaired) electrons. The number of rotatable bonds is 6. The second-order valence-corrected chi connectivity index (χ2v) is 10.2. The minimum atomic E-state index is -3.70. The van der Waals surface area contributed by atoms with E-state index < -0.39 is 15.6 Å². The van der Waals surface area contributed by atoms with E-state index in [4.69, 9.17) is 0 Å². The van der Waals surface area contributed by atoms with Crippen LogP contribution in [-0.4, -0.2) is 25.8 Å². The lowest BCUT2D eigenvalue weighted by Gasteiger charge is -2.24. The van der Waals surface area contributed by atoms with Crippen LogP contribution in [0, 0.1) is 5.92 Å². The number of amides is 2. The molecule has 1 aliphatic heterocycles. The van der Waals surface area contributed by atoms with Gasteiger partial charge in [0.1, 0.15) is 0 Å². The molecule has 0 bridgehead atoms. The fraction of sp³-hybridized carbons (Fsp3) is 0.364. The second-order valence-electron chi connectivity index (χ2n) is 8.52. The summed E-state index contributed by atoms with van der Waals surface area (Å²) in [5.74, 6) is -0.615. The molecule has 2 aromatic rings. The second kappa shape index (κ2) is 8.57. The zero-order valence-electron chi connectivity index (χ0n) is 17.4. The first-order valence-electron chi connectivity index (χ1n) is 9.86. The number of benzene rings is 2. The van der Waals surface area contributed by atoms with Gasteiger partial charge in [0.05, 0.1) is 4.90 Å². The van der Waals surface area contributed by atoms with Crippen molar-refractivity contribution in [2.45, 2.75) is 50.5 Å². The monoisotopic (exact) mass is 429 g/mol. The Kier molecular flexibility index (Phi) is 6.28. The smallest absolute Gasteiger partial charge is 0.241 e. The zero-order chi connectivity index (χ0) is 21.9. The van der Waals surface area contributed by atoms with Crippen molar-refractivity contribution in [1.82, 2.24) is 4.72 Å². The predicted molar refractivity (Wildman–Crippen MR) is 117 cm³/mol. The average Bonchev–Trinajstić information content (AvgIpc) is 2.64. The molecule has 0 aliphatic carbocycles. The third-order valence-corrected chi connectivity index (χ3v) is 6.46. The SMILES string of the molecule is CC(C)(C)NS(=O)(=O)c1cccc(NC(=O)CC[C@H]2Cc3ccccc3NC2=O)c1. The Bertz CT molecular complexity index is 1060. The largest absolute Gasteiger partial charge is 0.326 e. The summed E-state index contributed by atoms with van der Waals surface area (Å²) >= 11 is 0. The van der Waals surface area contributed by atoms with Gasteiger partial charge in [-0.15, -0.1) is 0 Å². The summed E-state index contributed by atoms with van der Waals surface area (Å²) in [7, 11) is -3.70. The summed E-state index contributed by atoms with van der Waals surface area (Å²) in [6.45, 7) is 5.28. The van der Waals surface area contributed by atoms with E-state index in [1.165, 1.54) is 12.1 Å². The standard InChI is InChI=1S/C22H27N3O4S/c1-22(2,3)25-30(28,29)18-9-6-8-17(14-18)23-20(26)12-11-16-13-15-7-4-5-10-19(15)24-21(16)27/h4-10,14,16,25H,11-13H2,1-3H3,(H,23,26)(H,24,27)/t16-/m0/s1. The lowest BCUT2D eigenvalue weighted by atomic mass is 9.89. The third kappa shape index (κ3) is 5.67. The van der Waals surface area contributed by atoms with Gasteiger partial charge in [0.25, 0.3) is 0 Å². The van der Waals surface area contributed by atoms with Crippen molar-refractivity contribution >= 4 is 33.2 Å². The molecule has 7 nitrogen and oxygen atoms in total. The van der Waals surface area contributed by atoms with Crippen LogP contribution in [0.25, 0.3) is 0 Å². The molecule has 3 rings (SSSR count). The van der Waals surface area contributed by atoms with Crippen molar-refractivity contribution in [2.24, 2.45) is 5.92 Å². The number of carbonyl (C=O) groups is 2. The van der Waals surface area contributed by atoms with E-state index in [0.717, 1.165) is 11.3 Å². The highest BCUT2D eigenvalue weighted by molar-refractivity contribution is 7.89. The molecule has 0 saturated carbocycles. The number of fused-ring (bicyclic) bond motifs is 1. The van der Waals surface area contributed by atoms with Gasteiger partial charge in [-0.05, 0) is 63.4 Å². The number of hydrogen-bond acceptors (Lipinski definition) is 4. The van der Waals surface area contributed by atoms with Gasteiger partial charge >= 0.3 is 0 Å². The molecule has 0 unspecified atom stereocenters. The average molecular weight is 430 g/mol. The molecule has 0 aromatic heterocycles. The molecule has 8 heteroatoms. The molecule has 1 atom stereocenters. The number of carbonyl (C=O) groups excluding carboxylic acids is 2. The highest BCUT2D eigenvalue weighted by Gasteiger charge is 2.26. The molecule has 0 saturated heterocycles. The lowest BCUT2D eigenvalue weighted by Crippen LogP contribution is -2.40. The first-order chi connectivity index (χ1) is 14.0. The van der Waals surface area contributed by atoms with Crippen molar-refractivity contribution < 1.29 is 18.0 Å². The lowest BCUT2D eigenvalue weighted by molar-refractivity contribution is -0.121. The van der Waals surface area contributed by atoms with E-state index in [1.807, 2.05) is 24.3 Å². The number of para-hydroxylation sites is 1. The van der Waals surface area contributed by atoms with Crippen molar-refractivity contribution in [2.75, 3.05) is 10.6 Å². The number of sulfonamides is 1. The molecule has 30 heavy (non-hydrogen) atoms. The van der Waals surface area contributed by atoms with Gasteiger partial charge in [0.2, 0.25) is 21.8 Å². The van der Waals surface area contributed by atoms with Crippen LogP contribution in [0.15, 0.2) is 53.4 Å². The first-order valence-corrected chi connectivity index (χ1v) is 11.3. The van der Waals surface area contributed by atoms with Crippen LogP contribution in [-0.2, 0) is 26.0 Å². The Morgan fingerprint density at radius 2 is 1.87 bits per heavy atom. The van der Waals surface area contributed by atoms with E-state index in [9.17, 15) is 18.0 Å². The van der Waals surface area contributed by atoms with E-state index in [0.29, 0.717) is 18.5 Å². The van der Waals surface area contributed by atoms with E-state index >= 15 is 0 Å². The van der Waals surface area contributed by atoms with Crippen molar-refractivity contribution in [3.63, 3.8) is 0 Å². The Labute approximate surface area is 177 Å². The van der Waals surface area contributed by atoms with Crippen molar-refractivity contribution in [3.05, 3.63) is 54.1 Å². The Morgan fingerprint density at radius 3 is 2.60 bits per heavy atom. The molecule has 0 fully saturated rings. The van der Waals surface area contributed by atoms with Crippen molar-refractivity contribution in [3.8, 4) is 0 Å². The predicted octanol–water partition coefficient (Wildman–Crippen LogP) is 3.29. The van der Waals surface area contributed by atoms with E-state index in [2.05, 4.69) is 15.4 Å². The Balaban J connectivity index is 1.60. The fourth-order valence-corrected chi connectivity index (χ4v) is 4.84. The number of nitrogens with one attached hydrogen (secondary N) is 3. The maximum atomic E-state index is 12.5. The molecule has 1 aliphatic rings. The minimum Gasteiger partial charge on any atom is -0.326 e. The molecular weight excluding hydrogens is 402 g/mol.